The summed E-state index contributed by atoms with van der Waals surface area (Å²) in [6, 6.07) is 35.0. The van der Waals surface area contributed by atoms with Gasteiger partial charge in [-0.15, -0.1) is 0 Å². The summed E-state index contributed by atoms with van der Waals surface area (Å²) < 4.78 is 14.3. The van der Waals surface area contributed by atoms with Gasteiger partial charge in [-0.05, 0) is 34.9 Å². The van der Waals surface area contributed by atoms with Gasteiger partial charge in [-0.2, -0.15) is 5.06 Å². The van der Waals surface area contributed by atoms with Gasteiger partial charge >= 0.3 is 0 Å². The highest BCUT2D eigenvalue weighted by molar-refractivity contribution is 6.09. The fourth-order valence-corrected chi connectivity index (χ4v) is 6.52. The lowest BCUT2D eigenvalue weighted by atomic mass is 10.0. The fourth-order valence-electron chi connectivity index (χ4n) is 6.52. The molecule has 0 radical (unpaired) electrons. The minimum atomic E-state index is -0.336. The predicted octanol–water partition coefficient (Wildman–Crippen LogP) is 6.02. The Labute approximate surface area is 244 Å². The van der Waals surface area contributed by atoms with Gasteiger partial charge in [0, 0.05) is 55.1 Å². The van der Waals surface area contributed by atoms with E-state index in [0.717, 1.165) is 37.3 Å². The number of fused-ring (bicyclic) bond motifs is 2. The number of halogens is 1. The average molecular weight is 561 g/mol. The Morgan fingerprint density at radius 2 is 1.52 bits per heavy atom. The van der Waals surface area contributed by atoms with Crippen molar-refractivity contribution in [3.63, 3.8) is 0 Å². The smallest absolute Gasteiger partial charge is 0.268 e. The summed E-state index contributed by atoms with van der Waals surface area (Å²) in [7, 11) is 0. The van der Waals surface area contributed by atoms with E-state index in [2.05, 4.69) is 56.7 Å². The van der Waals surface area contributed by atoms with Gasteiger partial charge in [-0.25, -0.2) is 4.39 Å². The molecular formula is C35H33FN4O2. The second-order valence-electron chi connectivity index (χ2n) is 11.3. The number of rotatable bonds is 8. The largest absolute Gasteiger partial charge is 0.350 e. The number of nitrogens with zero attached hydrogens (tertiary/aromatic N) is 2. The van der Waals surface area contributed by atoms with Gasteiger partial charge in [-0.3, -0.25) is 14.5 Å². The molecule has 0 unspecified atom stereocenters. The summed E-state index contributed by atoms with van der Waals surface area (Å²) in [6.07, 6.45) is -0.0249. The van der Waals surface area contributed by atoms with Crippen molar-refractivity contribution in [1.82, 2.24) is 20.3 Å². The molecule has 5 aromatic rings. The van der Waals surface area contributed by atoms with Crippen LogP contribution in [-0.4, -0.2) is 52.6 Å². The third-order valence-corrected chi connectivity index (χ3v) is 8.44. The van der Waals surface area contributed by atoms with Crippen molar-refractivity contribution in [3.8, 4) is 11.1 Å². The maximum atomic E-state index is 14.3. The summed E-state index contributed by atoms with van der Waals surface area (Å²) in [5.41, 5.74) is 5.18. The van der Waals surface area contributed by atoms with Gasteiger partial charge in [0.25, 0.3) is 5.91 Å². The number of hydrogen-bond donors (Lipinski definition) is 2. The van der Waals surface area contributed by atoms with Crippen LogP contribution in [0.15, 0.2) is 109 Å². The van der Waals surface area contributed by atoms with E-state index in [4.69, 9.17) is 4.84 Å². The molecular weight excluding hydrogens is 527 g/mol. The Kier molecular flexibility index (Phi) is 7.30. The molecule has 2 N–H and O–H groups in total. The second kappa shape index (κ2) is 11.5. The van der Waals surface area contributed by atoms with E-state index in [0.29, 0.717) is 29.1 Å². The summed E-state index contributed by atoms with van der Waals surface area (Å²) in [5.74, 6) is -0.208. The van der Waals surface area contributed by atoms with Crippen molar-refractivity contribution >= 4 is 16.8 Å². The van der Waals surface area contributed by atoms with Crippen LogP contribution in [0, 0.1) is 11.7 Å². The molecule has 3 heterocycles. The monoisotopic (exact) mass is 560 g/mol. The highest BCUT2D eigenvalue weighted by atomic mass is 19.1. The van der Waals surface area contributed by atoms with Gasteiger partial charge < -0.3 is 10.3 Å². The van der Waals surface area contributed by atoms with E-state index in [1.54, 1.807) is 6.07 Å². The Bertz CT molecular complexity index is 1680. The number of carbonyl (C=O) groups is 1. The number of aromatic amines is 1. The SMILES string of the molecule is O=C(NC[C@@H]1[C@H]2ON(Cc3ccccc3)C[C@H]2CN1Cc1ccccc1)c1[nH]c2ccc(F)cc2c1-c1ccccc1. The maximum Gasteiger partial charge on any atom is 0.268 e. The maximum absolute atomic E-state index is 14.3. The van der Waals surface area contributed by atoms with Crippen LogP contribution < -0.4 is 5.32 Å². The van der Waals surface area contributed by atoms with Gasteiger partial charge in [0.2, 0.25) is 0 Å². The van der Waals surface area contributed by atoms with Gasteiger partial charge in [0.1, 0.15) is 17.6 Å². The van der Waals surface area contributed by atoms with E-state index in [1.165, 1.54) is 23.3 Å². The van der Waals surface area contributed by atoms with Crippen LogP contribution in [0.4, 0.5) is 4.39 Å². The molecule has 212 valence electrons. The third-order valence-electron chi connectivity index (χ3n) is 8.44. The lowest BCUT2D eigenvalue weighted by Crippen LogP contribution is -2.46. The molecule has 0 aliphatic carbocycles. The van der Waals surface area contributed by atoms with Gasteiger partial charge in [0.05, 0.1) is 6.04 Å². The number of amides is 1. The number of benzene rings is 4. The van der Waals surface area contributed by atoms with Crippen molar-refractivity contribution in [2.45, 2.75) is 25.2 Å². The molecule has 7 rings (SSSR count). The zero-order valence-corrected chi connectivity index (χ0v) is 23.2. The number of likely N-dealkylation sites (tertiary alicyclic amines) is 1. The molecule has 2 fully saturated rings. The van der Waals surface area contributed by atoms with Crippen LogP contribution in [0.3, 0.4) is 0 Å². The highest BCUT2D eigenvalue weighted by Crippen LogP contribution is 2.36. The summed E-state index contributed by atoms with van der Waals surface area (Å²) in [4.78, 5) is 26.1. The molecule has 0 spiro atoms. The molecule has 4 aromatic carbocycles. The number of hydrogen-bond acceptors (Lipinski definition) is 4. The molecule has 3 atom stereocenters. The first-order valence-corrected chi connectivity index (χ1v) is 14.5. The molecule has 0 saturated carbocycles. The molecule has 7 heteroatoms. The standard InChI is InChI=1S/C35H33FN4O2/c36-28-16-17-30-29(18-28)32(26-14-8-3-9-15-26)33(38-30)35(41)37-19-31-34-27(22-39(31)20-24-10-4-1-5-11-24)23-40(42-34)21-25-12-6-2-7-13-25/h1-18,27,31,34,38H,19-23H2,(H,37,41)/t27-,31-,34+/m1/s1. The van der Waals surface area contributed by atoms with Crippen LogP contribution in [0.25, 0.3) is 22.0 Å². The van der Waals surface area contributed by atoms with E-state index < -0.39 is 0 Å². The number of carbonyl (C=O) groups excluding carboxylic acids is 1. The second-order valence-corrected chi connectivity index (χ2v) is 11.3. The zero-order valence-electron chi connectivity index (χ0n) is 23.2. The Morgan fingerprint density at radius 1 is 0.857 bits per heavy atom. The fraction of sp³-hybridized carbons (Fsp3) is 0.229. The highest BCUT2D eigenvalue weighted by Gasteiger charge is 2.48. The molecule has 2 aliphatic rings. The summed E-state index contributed by atoms with van der Waals surface area (Å²) in [5, 5.41) is 5.97. The number of hydroxylamine groups is 2. The van der Waals surface area contributed by atoms with Crippen LogP contribution in [0.1, 0.15) is 21.6 Å². The molecule has 2 saturated heterocycles. The van der Waals surface area contributed by atoms with Crippen LogP contribution in [-0.2, 0) is 17.9 Å². The van der Waals surface area contributed by atoms with Crippen molar-refractivity contribution in [2.24, 2.45) is 5.92 Å². The van der Waals surface area contributed by atoms with Crippen molar-refractivity contribution in [1.29, 1.82) is 0 Å². The lowest BCUT2D eigenvalue weighted by Gasteiger charge is -2.29. The number of nitrogens with one attached hydrogen (secondary N) is 2. The topological polar surface area (TPSA) is 60.6 Å². The van der Waals surface area contributed by atoms with Crippen molar-refractivity contribution < 1.29 is 14.0 Å². The van der Waals surface area contributed by atoms with Gasteiger partial charge in [0.15, 0.2) is 0 Å². The van der Waals surface area contributed by atoms with Crippen LogP contribution >= 0.6 is 0 Å². The first-order valence-electron chi connectivity index (χ1n) is 14.5. The number of aromatic nitrogens is 1. The molecule has 6 nitrogen and oxygen atoms in total. The van der Waals surface area contributed by atoms with E-state index in [9.17, 15) is 9.18 Å². The molecule has 0 bridgehead atoms. The Hall–Kier alpha value is -4.30. The van der Waals surface area contributed by atoms with E-state index >= 15 is 0 Å². The Balaban J connectivity index is 1.14. The quantitative estimate of drug-likeness (QED) is 0.244. The zero-order chi connectivity index (χ0) is 28.5. The van der Waals surface area contributed by atoms with E-state index in [1.807, 2.05) is 54.6 Å². The van der Waals surface area contributed by atoms with Crippen LogP contribution in [0.5, 0.6) is 0 Å². The third kappa shape index (κ3) is 5.34. The molecule has 2 aliphatic heterocycles. The van der Waals surface area contributed by atoms with Crippen molar-refractivity contribution in [2.75, 3.05) is 19.6 Å². The average Bonchev–Trinajstić information content (AvgIpc) is 3.68. The summed E-state index contributed by atoms with van der Waals surface area (Å²) in [6.45, 7) is 3.70. The molecule has 1 aromatic heterocycles. The Morgan fingerprint density at radius 3 is 2.24 bits per heavy atom. The predicted molar refractivity (Wildman–Crippen MR) is 162 cm³/mol. The lowest BCUT2D eigenvalue weighted by molar-refractivity contribution is -0.164. The van der Waals surface area contributed by atoms with Crippen molar-refractivity contribution in [3.05, 3.63) is 132 Å². The minimum absolute atomic E-state index is 0.00178. The van der Waals surface area contributed by atoms with E-state index in [-0.39, 0.29) is 23.9 Å². The normalized spacial score (nSPS) is 20.6. The first kappa shape index (κ1) is 26.6. The van der Waals surface area contributed by atoms with Crippen LogP contribution in [0.2, 0.25) is 0 Å². The molecule has 1 amide bonds. The van der Waals surface area contributed by atoms with Gasteiger partial charge in [-0.1, -0.05) is 91.0 Å². The number of H-pyrrole nitrogens is 1. The minimum Gasteiger partial charge on any atom is -0.350 e. The molecule has 42 heavy (non-hydrogen) atoms. The summed E-state index contributed by atoms with van der Waals surface area (Å²) >= 11 is 0. The first-order chi connectivity index (χ1) is 20.6.